The Balaban J connectivity index is 3.05. The van der Waals surface area contributed by atoms with E-state index in [1.54, 1.807) is 4.90 Å². The molecule has 0 bridgehead atoms. The third-order valence-corrected chi connectivity index (χ3v) is 9.90. The molecule has 1 heterocycles. The number of carbonyl (C=O) groups excluding carboxylic acids is 1. The third-order valence-electron chi connectivity index (χ3n) is 5.40. The Hall–Kier alpha value is -0.853. The monoisotopic (exact) mass is 371 g/mol. The number of β-amino-alcohol motifs (C(OH)–C–C–N with tert-alkyl or cyclic N) is 1. The zero-order valence-corrected chi connectivity index (χ0v) is 18.7. The fraction of sp³-hybridized carbons (Fsp3) is 0.842. The highest BCUT2D eigenvalue weighted by Crippen LogP contribution is 2.37. The van der Waals surface area contributed by atoms with E-state index in [0.29, 0.717) is 6.61 Å². The highest BCUT2D eigenvalue weighted by molar-refractivity contribution is 6.74. The summed E-state index contributed by atoms with van der Waals surface area (Å²) in [6, 6.07) is -0.202. The zero-order chi connectivity index (χ0) is 19.8. The van der Waals surface area contributed by atoms with Gasteiger partial charge >= 0.3 is 6.09 Å². The number of rotatable bonds is 3. The molecule has 0 saturated heterocycles. The Morgan fingerprint density at radius 3 is 2.12 bits per heavy atom. The Bertz CT molecular complexity index is 529. The number of amides is 1. The minimum absolute atomic E-state index is 0.102. The van der Waals surface area contributed by atoms with Gasteiger partial charge in [-0.15, -0.1) is 0 Å². The highest BCUT2D eigenvalue weighted by Gasteiger charge is 2.41. The number of hydrogen-bond acceptors (Lipinski definition) is 4. The van der Waals surface area contributed by atoms with Crippen LogP contribution in [0, 0.1) is 0 Å². The van der Waals surface area contributed by atoms with Gasteiger partial charge in [-0.05, 0) is 63.9 Å². The summed E-state index contributed by atoms with van der Waals surface area (Å²) >= 11 is 0. The van der Waals surface area contributed by atoms with Gasteiger partial charge in [0, 0.05) is 0 Å². The lowest BCUT2D eigenvalue weighted by atomic mass is 9.94. The molecule has 0 radical (unpaired) electrons. The second kappa shape index (κ2) is 7.41. The summed E-state index contributed by atoms with van der Waals surface area (Å²) in [6.07, 6.45) is -1.06. The predicted molar refractivity (Wildman–Crippen MR) is 104 cm³/mol. The molecule has 1 aliphatic heterocycles. The lowest BCUT2D eigenvalue weighted by molar-refractivity contribution is 0.000691. The Kier molecular flexibility index (Phi) is 6.58. The molecule has 2 unspecified atom stereocenters. The minimum Gasteiger partial charge on any atom is -0.444 e. The number of aliphatic hydroxyl groups excluding tert-OH is 1. The van der Waals surface area contributed by atoms with Crippen molar-refractivity contribution in [3.63, 3.8) is 0 Å². The summed E-state index contributed by atoms with van der Waals surface area (Å²) in [4.78, 5) is 14.3. The summed E-state index contributed by atoms with van der Waals surface area (Å²) in [7, 11) is -1.93. The maximum Gasteiger partial charge on any atom is 0.410 e. The average Bonchev–Trinajstić information content (AvgIpc) is 2.40. The van der Waals surface area contributed by atoms with Crippen molar-refractivity contribution in [3.05, 3.63) is 11.1 Å². The van der Waals surface area contributed by atoms with Crippen LogP contribution in [0.15, 0.2) is 11.1 Å². The molecular formula is C19H37NO4Si. The molecule has 1 rings (SSSR count). The van der Waals surface area contributed by atoms with Crippen LogP contribution >= 0.6 is 0 Å². The van der Waals surface area contributed by atoms with E-state index in [-0.39, 0.29) is 17.6 Å². The first-order valence-corrected chi connectivity index (χ1v) is 12.0. The van der Waals surface area contributed by atoms with Crippen molar-refractivity contribution >= 4 is 14.4 Å². The summed E-state index contributed by atoms with van der Waals surface area (Å²) in [6.45, 7) is 21.1. The number of ether oxygens (including phenoxy) is 1. The summed E-state index contributed by atoms with van der Waals surface area (Å²) in [5.41, 5.74) is 1.34. The fourth-order valence-corrected chi connectivity index (χ4v) is 3.46. The molecular weight excluding hydrogens is 334 g/mol. The third kappa shape index (κ3) is 5.56. The van der Waals surface area contributed by atoms with Gasteiger partial charge in [-0.2, -0.15) is 0 Å². The van der Waals surface area contributed by atoms with E-state index in [1.807, 2.05) is 34.6 Å². The molecule has 0 saturated carbocycles. The number of aliphatic hydroxyl groups is 1. The van der Waals surface area contributed by atoms with Gasteiger partial charge in [-0.3, -0.25) is 4.90 Å². The molecule has 1 N–H and O–H groups in total. The van der Waals surface area contributed by atoms with E-state index in [4.69, 9.17) is 9.16 Å². The van der Waals surface area contributed by atoms with Crippen molar-refractivity contribution in [1.29, 1.82) is 0 Å². The van der Waals surface area contributed by atoms with Crippen LogP contribution < -0.4 is 0 Å². The standard InChI is InChI=1S/C19H37NO4Si/c1-13-14(2)16(21)11-20(17(22)24-18(3,4)5)15(13)12-23-25(9,10)19(6,7)8/h15-16,21H,11-12H2,1-10H3. The molecule has 0 fully saturated rings. The molecule has 0 aromatic heterocycles. The topological polar surface area (TPSA) is 59.0 Å². The van der Waals surface area contributed by atoms with Gasteiger partial charge in [0.2, 0.25) is 0 Å². The molecule has 0 aromatic rings. The second-order valence-electron chi connectivity index (χ2n) is 9.60. The zero-order valence-electron chi connectivity index (χ0n) is 17.7. The number of carbonyl (C=O) groups is 1. The molecule has 2 atom stereocenters. The smallest absolute Gasteiger partial charge is 0.410 e. The van der Waals surface area contributed by atoms with Crippen molar-refractivity contribution in [2.24, 2.45) is 0 Å². The highest BCUT2D eigenvalue weighted by atomic mass is 28.4. The predicted octanol–water partition coefficient (Wildman–Crippen LogP) is 4.32. The SMILES string of the molecule is CC1=C(C)C(CO[Si](C)(C)C(C)(C)C)N(C(=O)OC(C)(C)C)CC1O. The van der Waals surface area contributed by atoms with E-state index in [9.17, 15) is 9.90 Å². The molecule has 146 valence electrons. The first-order valence-electron chi connectivity index (χ1n) is 9.06. The van der Waals surface area contributed by atoms with Crippen LogP contribution in [0.25, 0.3) is 0 Å². The maximum atomic E-state index is 12.7. The fourth-order valence-electron chi connectivity index (χ4n) is 2.45. The van der Waals surface area contributed by atoms with Crippen molar-refractivity contribution in [3.8, 4) is 0 Å². The van der Waals surface area contributed by atoms with Crippen LogP contribution in [-0.2, 0) is 9.16 Å². The molecule has 0 spiro atoms. The van der Waals surface area contributed by atoms with Gasteiger partial charge in [-0.25, -0.2) is 4.79 Å². The Morgan fingerprint density at radius 2 is 1.68 bits per heavy atom. The molecule has 0 aromatic carbocycles. The van der Waals surface area contributed by atoms with Gasteiger partial charge < -0.3 is 14.3 Å². The van der Waals surface area contributed by atoms with Crippen molar-refractivity contribution in [1.82, 2.24) is 4.90 Å². The van der Waals surface area contributed by atoms with Gasteiger partial charge in [-0.1, -0.05) is 20.8 Å². The Labute approximate surface area is 154 Å². The first kappa shape index (κ1) is 22.2. The largest absolute Gasteiger partial charge is 0.444 e. The second-order valence-corrected chi connectivity index (χ2v) is 14.4. The lowest BCUT2D eigenvalue weighted by Crippen LogP contribution is -2.54. The summed E-state index contributed by atoms with van der Waals surface area (Å²) in [5.74, 6) is 0. The quantitative estimate of drug-likeness (QED) is 0.593. The average molecular weight is 372 g/mol. The number of nitrogens with zero attached hydrogens (tertiary/aromatic N) is 1. The van der Waals surface area contributed by atoms with Crippen LogP contribution in [0.3, 0.4) is 0 Å². The van der Waals surface area contributed by atoms with E-state index >= 15 is 0 Å². The summed E-state index contributed by atoms with van der Waals surface area (Å²) < 4.78 is 11.9. The Morgan fingerprint density at radius 1 is 1.16 bits per heavy atom. The van der Waals surface area contributed by atoms with E-state index < -0.39 is 26.1 Å². The van der Waals surface area contributed by atoms with E-state index in [2.05, 4.69) is 33.9 Å². The van der Waals surface area contributed by atoms with Crippen LogP contribution in [0.2, 0.25) is 18.1 Å². The van der Waals surface area contributed by atoms with Gasteiger partial charge in [0.15, 0.2) is 8.32 Å². The normalized spacial score (nSPS) is 23.1. The molecule has 0 aliphatic carbocycles. The molecule has 1 amide bonds. The van der Waals surface area contributed by atoms with Crippen LogP contribution in [-0.4, -0.2) is 55.3 Å². The molecule has 25 heavy (non-hydrogen) atoms. The van der Waals surface area contributed by atoms with Crippen LogP contribution in [0.4, 0.5) is 4.79 Å². The van der Waals surface area contributed by atoms with Crippen molar-refractivity contribution in [2.75, 3.05) is 13.2 Å². The van der Waals surface area contributed by atoms with E-state index in [1.165, 1.54) is 0 Å². The minimum atomic E-state index is -1.93. The molecule has 6 heteroatoms. The van der Waals surface area contributed by atoms with Crippen molar-refractivity contribution in [2.45, 2.75) is 91.3 Å². The number of hydrogen-bond donors (Lipinski definition) is 1. The van der Waals surface area contributed by atoms with Gasteiger partial charge in [0.05, 0.1) is 25.3 Å². The van der Waals surface area contributed by atoms with E-state index in [0.717, 1.165) is 11.1 Å². The van der Waals surface area contributed by atoms with Gasteiger partial charge in [0.1, 0.15) is 5.60 Å². The lowest BCUT2D eigenvalue weighted by Gasteiger charge is -2.43. The first-order chi connectivity index (χ1) is 11.1. The molecule has 5 nitrogen and oxygen atoms in total. The van der Waals surface area contributed by atoms with Crippen LogP contribution in [0.5, 0.6) is 0 Å². The molecule has 1 aliphatic rings. The van der Waals surface area contributed by atoms with Gasteiger partial charge in [0.25, 0.3) is 0 Å². The van der Waals surface area contributed by atoms with Crippen LogP contribution in [0.1, 0.15) is 55.4 Å². The van der Waals surface area contributed by atoms with Crippen molar-refractivity contribution < 1.29 is 19.1 Å². The summed E-state index contributed by atoms with van der Waals surface area (Å²) in [5, 5.41) is 10.4. The maximum absolute atomic E-state index is 12.7.